The standard InChI is InChI=1S/C21H24N4O/c1-3-17-9-5-6-11-20(17)25(4-2)13-14-26-21-16-23-19(15-24-21)18-10-7-8-12-22-18/h4-12,15-16,21,24H,2-3,13-14H2,1H3. The lowest BCUT2D eigenvalue weighted by Gasteiger charge is -2.24. The van der Waals surface area contributed by atoms with Gasteiger partial charge in [-0.15, -0.1) is 0 Å². The van der Waals surface area contributed by atoms with E-state index in [0.717, 1.165) is 24.4 Å². The van der Waals surface area contributed by atoms with Gasteiger partial charge in [-0.1, -0.05) is 37.8 Å². The van der Waals surface area contributed by atoms with E-state index in [0.29, 0.717) is 6.61 Å². The maximum atomic E-state index is 5.88. The van der Waals surface area contributed by atoms with Crippen molar-refractivity contribution in [2.75, 3.05) is 18.1 Å². The number of anilines is 1. The lowest BCUT2D eigenvalue weighted by Crippen LogP contribution is -2.34. The van der Waals surface area contributed by atoms with E-state index in [9.17, 15) is 0 Å². The smallest absolute Gasteiger partial charge is 0.163 e. The SMILES string of the molecule is C=CN(CCOC1C=NC(c2ccccn2)=CN1)c1ccccc1CC. The van der Waals surface area contributed by atoms with Gasteiger partial charge < -0.3 is 15.0 Å². The molecule has 0 radical (unpaired) electrons. The number of ether oxygens (including phenoxy) is 1. The summed E-state index contributed by atoms with van der Waals surface area (Å²) in [5, 5.41) is 3.20. The third-order valence-electron chi connectivity index (χ3n) is 4.19. The number of hydrogen-bond donors (Lipinski definition) is 1. The number of nitrogens with zero attached hydrogens (tertiary/aromatic N) is 3. The number of benzene rings is 1. The molecule has 0 amide bonds. The number of aromatic nitrogens is 1. The van der Waals surface area contributed by atoms with Crippen LogP contribution in [-0.2, 0) is 11.2 Å². The fraction of sp³-hybridized carbons (Fsp3) is 0.238. The van der Waals surface area contributed by atoms with Crippen molar-refractivity contribution in [1.82, 2.24) is 10.3 Å². The highest BCUT2D eigenvalue weighted by atomic mass is 16.5. The summed E-state index contributed by atoms with van der Waals surface area (Å²) in [5.41, 5.74) is 4.11. The molecule has 1 aliphatic rings. The highest BCUT2D eigenvalue weighted by molar-refractivity contribution is 5.77. The van der Waals surface area contributed by atoms with Gasteiger partial charge in [0.25, 0.3) is 0 Å². The van der Waals surface area contributed by atoms with Gasteiger partial charge in [0.05, 0.1) is 18.5 Å². The van der Waals surface area contributed by atoms with Gasteiger partial charge in [0.2, 0.25) is 0 Å². The summed E-state index contributed by atoms with van der Waals surface area (Å²) in [4.78, 5) is 10.8. The van der Waals surface area contributed by atoms with E-state index in [1.807, 2.05) is 36.7 Å². The van der Waals surface area contributed by atoms with E-state index in [1.54, 1.807) is 12.4 Å². The number of hydrogen-bond acceptors (Lipinski definition) is 5. The third kappa shape index (κ3) is 4.37. The Kier molecular flexibility index (Phi) is 6.17. The Hall–Kier alpha value is -2.92. The van der Waals surface area contributed by atoms with E-state index in [2.05, 4.69) is 51.9 Å². The van der Waals surface area contributed by atoms with Gasteiger partial charge in [-0.2, -0.15) is 0 Å². The Balaban J connectivity index is 1.52. The molecule has 1 atom stereocenters. The average Bonchev–Trinajstić information content (AvgIpc) is 2.72. The van der Waals surface area contributed by atoms with Crippen LogP contribution in [0.2, 0.25) is 0 Å². The van der Waals surface area contributed by atoms with Gasteiger partial charge in [-0.05, 0) is 36.4 Å². The second-order valence-electron chi connectivity index (χ2n) is 5.84. The molecule has 5 heteroatoms. The van der Waals surface area contributed by atoms with Crippen LogP contribution in [0, 0.1) is 0 Å². The van der Waals surface area contributed by atoms with Crippen molar-refractivity contribution in [2.45, 2.75) is 19.6 Å². The molecule has 1 aliphatic heterocycles. The number of para-hydroxylation sites is 1. The van der Waals surface area contributed by atoms with Crippen molar-refractivity contribution in [2.24, 2.45) is 4.99 Å². The van der Waals surface area contributed by atoms with Crippen LogP contribution in [0.15, 0.2) is 72.6 Å². The first-order valence-electron chi connectivity index (χ1n) is 8.82. The number of aliphatic imine (C=N–C) groups is 1. The fourth-order valence-corrected chi connectivity index (χ4v) is 2.81. The van der Waals surface area contributed by atoms with Gasteiger partial charge in [0.15, 0.2) is 6.23 Å². The number of rotatable bonds is 8. The monoisotopic (exact) mass is 348 g/mol. The number of pyridine rings is 1. The Morgan fingerprint density at radius 1 is 1.23 bits per heavy atom. The van der Waals surface area contributed by atoms with Crippen LogP contribution in [0.3, 0.4) is 0 Å². The molecule has 5 nitrogen and oxygen atoms in total. The predicted molar refractivity (Wildman–Crippen MR) is 107 cm³/mol. The maximum Gasteiger partial charge on any atom is 0.163 e. The topological polar surface area (TPSA) is 49.8 Å². The highest BCUT2D eigenvalue weighted by Gasteiger charge is 2.12. The molecule has 3 rings (SSSR count). The van der Waals surface area contributed by atoms with Crippen LogP contribution in [0.4, 0.5) is 5.69 Å². The lowest BCUT2D eigenvalue weighted by molar-refractivity contribution is 0.0934. The molecule has 1 unspecified atom stereocenters. The van der Waals surface area contributed by atoms with Gasteiger partial charge in [-0.25, -0.2) is 0 Å². The lowest BCUT2D eigenvalue weighted by atomic mass is 10.1. The molecule has 0 spiro atoms. The molecule has 0 saturated carbocycles. The van der Waals surface area contributed by atoms with Crippen LogP contribution >= 0.6 is 0 Å². The molecule has 0 aliphatic carbocycles. The van der Waals surface area contributed by atoms with Gasteiger partial charge in [-0.3, -0.25) is 9.98 Å². The normalized spacial score (nSPS) is 15.9. The van der Waals surface area contributed by atoms with Crippen molar-refractivity contribution in [3.05, 3.63) is 78.9 Å². The second kappa shape index (κ2) is 8.97. The quantitative estimate of drug-likeness (QED) is 0.792. The minimum absolute atomic E-state index is 0.240. The molecule has 2 heterocycles. The molecule has 26 heavy (non-hydrogen) atoms. The molecular formula is C21H24N4O. The van der Waals surface area contributed by atoms with Crippen molar-refractivity contribution in [3.8, 4) is 0 Å². The van der Waals surface area contributed by atoms with E-state index in [-0.39, 0.29) is 6.23 Å². The van der Waals surface area contributed by atoms with Gasteiger partial charge >= 0.3 is 0 Å². The molecule has 1 aromatic heterocycles. The summed E-state index contributed by atoms with van der Waals surface area (Å²) in [6, 6.07) is 14.1. The average molecular weight is 348 g/mol. The number of nitrogens with one attached hydrogen (secondary N) is 1. The molecule has 0 bridgehead atoms. The first kappa shape index (κ1) is 17.9. The largest absolute Gasteiger partial charge is 0.360 e. The number of aryl methyl sites for hydroxylation is 1. The fourth-order valence-electron chi connectivity index (χ4n) is 2.81. The van der Waals surface area contributed by atoms with Gasteiger partial charge in [0, 0.05) is 24.6 Å². The Labute approximate surface area is 154 Å². The van der Waals surface area contributed by atoms with Crippen LogP contribution in [0.1, 0.15) is 18.2 Å². The summed E-state index contributed by atoms with van der Waals surface area (Å²) in [7, 11) is 0. The van der Waals surface area contributed by atoms with E-state index in [1.165, 1.54) is 11.3 Å². The minimum atomic E-state index is -0.240. The Bertz CT molecular complexity index is 786. The molecule has 1 N–H and O–H groups in total. The Morgan fingerprint density at radius 3 is 2.77 bits per heavy atom. The first-order chi connectivity index (χ1) is 12.8. The molecule has 0 fully saturated rings. The Morgan fingerprint density at radius 2 is 2.08 bits per heavy atom. The van der Waals surface area contributed by atoms with Crippen molar-refractivity contribution in [3.63, 3.8) is 0 Å². The summed E-state index contributed by atoms with van der Waals surface area (Å²) in [6.45, 7) is 7.37. The third-order valence-corrected chi connectivity index (χ3v) is 4.19. The molecule has 0 saturated heterocycles. The zero-order chi connectivity index (χ0) is 18.2. The van der Waals surface area contributed by atoms with Crippen LogP contribution in [0.25, 0.3) is 5.70 Å². The summed E-state index contributed by atoms with van der Waals surface area (Å²) in [6.07, 6.45) is 7.95. The molecular weight excluding hydrogens is 324 g/mol. The highest BCUT2D eigenvalue weighted by Crippen LogP contribution is 2.21. The molecule has 134 valence electrons. The van der Waals surface area contributed by atoms with E-state index in [4.69, 9.17) is 4.74 Å². The van der Waals surface area contributed by atoms with Crippen LogP contribution < -0.4 is 10.2 Å². The minimum Gasteiger partial charge on any atom is -0.360 e. The summed E-state index contributed by atoms with van der Waals surface area (Å²) >= 11 is 0. The predicted octanol–water partition coefficient (Wildman–Crippen LogP) is 3.61. The summed E-state index contributed by atoms with van der Waals surface area (Å²) < 4.78 is 5.88. The zero-order valence-corrected chi connectivity index (χ0v) is 15.0. The first-order valence-corrected chi connectivity index (χ1v) is 8.82. The van der Waals surface area contributed by atoms with Crippen LogP contribution in [-0.4, -0.2) is 30.6 Å². The van der Waals surface area contributed by atoms with Crippen molar-refractivity contribution >= 4 is 17.6 Å². The molecule has 1 aromatic carbocycles. The second-order valence-corrected chi connectivity index (χ2v) is 5.84. The van der Waals surface area contributed by atoms with Crippen molar-refractivity contribution < 1.29 is 4.74 Å². The molecule has 2 aromatic rings. The van der Waals surface area contributed by atoms with Gasteiger partial charge in [0.1, 0.15) is 5.70 Å². The summed E-state index contributed by atoms with van der Waals surface area (Å²) in [5.74, 6) is 0. The maximum absolute atomic E-state index is 5.88. The van der Waals surface area contributed by atoms with Crippen LogP contribution in [0.5, 0.6) is 0 Å². The van der Waals surface area contributed by atoms with E-state index >= 15 is 0 Å². The van der Waals surface area contributed by atoms with E-state index < -0.39 is 0 Å². The van der Waals surface area contributed by atoms with Crippen molar-refractivity contribution in [1.29, 1.82) is 0 Å². The zero-order valence-electron chi connectivity index (χ0n) is 15.0.